The van der Waals surface area contributed by atoms with Crippen LogP contribution in [-0.4, -0.2) is 84.1 Å². The summed E-state index contributed by atoms with van der Waals surface area (Å²) in [5.41, 5.74) is 0. The molecule has 0 bridgehead atoms. The molecular formula is C14H22N4O3S6. The van der Waals surface area contributed by atoms with Crippen LogP contribution in [0.25, 0.3) is 0 Å². The van der Waals surface area contributed by atoms with E-state index in [0.29, 0.717) is 39.6 Å². The molecule has 13 heteroatoms. The van der Waals surface area contributed by atoms with Crippen LogP contribution in [0.1, 0.15) is 0 Å². The molecule has 0 aliphatic heterocycles. The van der Waals surface area contributed by atoms with E-state index in [4.69, 9.17) is 14.2 Å². The standard InChI is InChI=1S/C14H22N4O3S6/c1-22-11-15-17-13(26-11)24-9-7-20-5-3-19-4-6-21-8-10-25-14-18-16-12(23-2)27-14/h3-10H2,1-2H3. The Morgan fingerprint density at radius 3 is 1.33 bits per heavy atom. The van der Waals surface area contributed by atoms with E-state index in [2.05, 4.69) is 20.4 Å². The van der Waals surface area contributed by atoms with Crippen molar-refractivity contribution in [2.45, 2.75) is 17.4 Å². The third-order valence-corrected chi connectivity index (χ3v) is 8.77. The zero-order valence-electron chi connectivity index (χ0n) is 15.1. The number of hydrogen-bond donors (Lipinski definition) is 0. The first-order valence-corrected chi connectivity index (χ1v) is 14.1. The number of ether oxygens (including phenoxy) is 3. The van der Waals surface area contributed by atoms with Crippen LogP contribution in [0.3, 0.4) is 0 Å². The summed E-state index contributed by atoms with van der Waals surface area (Å²) in [4.78, 5) is 0. The van der Waals surface area contributed by atoms with Crippen molar-refractivity contribution in [2.24, 2.45) is 0 Å². The molecule has 0 fully saturated rings. The predicted octanol–water partition coefficient (Wildman–Crippen LogP) is 3.77. The van der Waals surface area contributed by atoms with Crippen LogP contribution in [0, 0.1) is 0 Å². The van der Waals surface area contributed by atoms with E-state index in [1.165, 1.54) is 0 Å². The molecule has 0 saturated heterocycles. The third-order valence-electron chi connectivity index (χ3n) is 2.78. The largest absolute Gasteiger partial charge is 0.378 e. The van der Waals surface area contributed by atoms with Crippen LogP contribution in [0.4, 0.5) is 0 Å². The second-order valence-electron chi connectivity index (χ2n) is 4.61. The summed E-state index contributed by atoms with van der Waals surface area (Å²) < 4.78 is 20.6. The van der Waals surface area contributed by atoms with E-state index in [0.717, 1.165) is 28.9 Å². The van der Waals surface area contributed by atoms with Crippen LogP contribution in [0.2, 0.25) is 0 Å². The number of rotatable bonds is 16. The lowest BCUT2D eigenvalue weighted by Gasteiger charge is -2.06. The predicted molar refractivity (Wildman–Crippen MR) is 117 cm³/mol. The van der Waals surface area contributed by atoms with Gasteiger partial charge in [-0.25, -0.2) is 0 Å². The molecule has 0 unspecified atom stereocenters. The molecule has 0 saturated carbocycles. The van der Waals surface area contributed by atoms with Gasteiger partial charge in [0.2, 0.25) is 0 Å². The third kappa shape index (κ3) is 10.7. The highest BCUT2D eigenvalue weighted by molar-refractivity contribution is 8.03. The van der Waals surface area contributed by atoms with Gasteiger partial charge < -0.3 is 14.2 Å². The van der Waals surface area contributed by atoms with E-state index in [1.54, 1.807) is 69.7 Å². The first kappa shape index (κ1) is 23.7. The molecule has 0 aromatic carbocycles. The van der Waals surface area contributed by atoms with Crippen molar-refractivity contribution in [1.82, 2.24) is 20.4 Å². The Hall–Kier alpha value is 0.400. The van der Waals surface area contributed by atoms with Gasteiger partial charge in [-0.15, -0.1) is 20.4 Å². The van der Waals surface area contributed by atoms with Gasteiger partial charge in [-0.2, -0.15) is 0 Å². The molecule has 2 aromatic rings. The van der Waals surface area contributed by atoms with E-state index in [-0.39, 0.29) is 0 Å². The second-order valence-corrected chi connectivity index (χ2v) is 11.4. The summed E-state index contributed by atoms with van der Waals surface area (Å²) in [7, 11) is 0. The molecule has 2 aromatic heterocycles. The number of hydrogen-bond acceptors (Lipinski definition) is 13. The van der Waals surface area contributed by atoms with Gasteiger partial charge in [-0.1, -0.05) is 69.7 Å². The van der Waals surface area contributed by atoms with E-state index < -0.39 is 0 Å². The molecule has 152 valence electrons. The molecule has 0 aliphatic carbocycles. The molecular weight excluding hydrogens is 465 g/mol. The first-order valence-electron chi connectivity index (χ1n) is 8.05. The van der Waals surface area contributed by atoms with E-state index >= 15 is 0 Å². The quantitative estimate of drug-likeness (QED) is 0.257. The molecule has 0 radical (unpaired) electrons. The van der Waals surface area contributed by atoms with Gasteiger partial charge in [0.25, 0.3) is 0 Å². The SMILES string of the molecule is CSc1nnc(SCCOCCOCCOCCSc2nnc(SC)s2)s1. The topological polar surface area (TPSA) is 79.3 Å². The van der Waals surface area contributed by atoms with Gasteiger partial charge >= 0.3 is 0 Å². The van der Waals surface area contributed by atoms with Gasteiger partial charge in [0.05, 0.1) is 39.6 Å². The Labute approximate surface area is 184 Å². The van der Waals surface area contributed by atoms with Crippen molar-refractivity contribution < 1.29 is 14.2 Å². The van der Waals surface area contributed by atoms with Crippen LogP contribution in [0.15, 0.2) is 17.4 Å². The maximum absolute atomic E-state index is 5.54. The average molecular weight is 487 g/mol. The minimum atomic E-state index is 0.584. The van der Waals surface area contributed by atoms with Crippen LogP contribution in [-0.2, 0) is 14.2 Å². The average Bonchev–Trinajstić information content (AvgIpc) is 3.34. The normalized spacial score (nSPS) is 11.3. The van der Waals surface area contributed by atoms with Crippen molar-refractivity contribution >= 4 is 69.7 Å². The fourth-order valence-corrected chi connectivity index (χ4v) is 6.31. The molecule has 0 N–H and O–H groups in total. The van der Waals surface area contributed by atoms with Crippen molar-refractivity contribution in [3.63, 3.8) is 0 Å². The lowest BCUT2D eigenvalue weighted by Crippen LogP contribution is -2.11. The van der Waals surface area contributed by atoms with E-state index in [1.807, 2.05) is 12.5 Å². The Kier molecular flexibility index (Phi) is 13.4. The van der Waals surface area contributed by atoms with Gasteiger partial charge in [0.15, 0.2) is 17.4 Å². The maximum atomic E-state index is 5.54. The minimum absolute atomic E-state index is 0.584. The Balaban J connectivity index is 1.31. The highest BCUT2D eigenvalue weighted by atomic mass is 32.2. The Morgan fingerprint density at radius 1 is 0.593 bits per heavy atom. The molecule has 27 heavy (non-hydrogen) atoms. The Morgan fingerprint density at radius 2 is 0.963 bits per heavy atom. The molecule has 7 nitrogen and oxygen atoms in total. The first-order chi connectivity index (χ1) is 13.3. The number of aromatic nitrogens is 4. The number of nitrogens with zero attached hydrogens (tertiary/aromatic N) is 4. The van der Waals surface area contributed by atoms with Crippen LogP contribution < -0.4 is 0 Å². The van der Waals surface area contributed by atoms with Gasteiger partial charge in [-0.05, 0) is 12.5 Å². The highest BCUT2D eigenvalue weighted by Crippen LogP contribution is 2.27. The van der Waals surface area contributed by atoms with Gasteiger partial charge in [-0.3, -0.25) is 0 Å². The lowest BCUT2D eigenvalue weighted by molar-refractivity contribution is 0.0205. The van der Waals surface area contributed by atoms with Crippen molar-refractivity contribution in [2.75, 3.05) is 63.7 Å². The lowest BCUT2D eigenvalue weighted by atomic mass is 10.7. The molecule has 0 amide bonds. The molecule has 0 spiro atoms. The van der Waals surface area contributed by atoms with Crippen molar-refractivity contribution in [3.8, 4) is 0 Å². The van der Waals surface area contributed by atoms with Gasteiger partial charge in [0.1, 0.15) is 0 Å². The summed E-state index contributed by atoms with van der Waals surface area (Å²) in [5.74, 6) is 1.74. The van der Waals surface area contributed by atoms with Crippen molar-refractivity contribution in [1.29, 1.82) is 0 Å². The minimum Gasteiger partial charge on any atom is -0.378 e. The summed E-state index contributed by atoms with van der Waals surface area (Å²) in [6, 6.07) is 0. The van der Waals surface area contributed by atoms with Crippen molar-refractivity contribution in [3.05, 3.63) is 0 Å². The smallest absolute Gasteiger partial charge is 0.175 e. The zero-order chi connectivity index (χ0) is 19.2. The molecule has 0 aliphatic rings. The summed E-state index contributed by atoms with van der Waals surface area (Å²) >= 11 is 9.81. The van der Waals surface area contributed by atoms with Gasteiger partial charge in [0, 0.05) is 11.5 Å². The summed E-state index contributed by atoms with van der Waals surface area (Å²) in [5, 5.41) is 16.3. The molecule has 2 rings (SSSR count). The van der Waals surface area contributed by atoms with Crippen LogP contribution >= 0.6 is 69.7 Å². The fourth-order valence-electron chi connectivity index (χ4n) is 1.59. The molecule has 0 atom stereocenters. The van der Waals surface area contributed by atoms with Crippen LogP contribution in [0.5, 0.6) is 0 Å². The highest BCUT2D eigenvalue weighted by Gasteiger charge is 2.04. The van der Waals surface area contributed by atoms with E-state index in [9.17, 15) is 0 Å². The Bertz CT molecular complexity index is 577. The monoisotopic (exact) mass is 486 g/mol. The second kappa shape index (κ2) is 15.3. The zero-order valence-corrected chi connectivity index (χ0v) is 20.0. The maximum Gasteiger partial charge on any atom is 0.175 e. The molecule has 2 heterocycles. The fraction of sp³-hybridized carbons (Fsp3) is 0.714. The summed E-state index contributed by atoms with van der Waals surface area (Å²) in [6.45, 7) is 3.72. The number of thioether (sulfide) groups is 4. The summed E-state index contributed by atoms with van der Waals surface area (Å²) in [6.07, 6.45) is 4.01.